The van der Waals surface area contributed by atoms with Crippen LogP contribution in [-0.4, -0.2) is 26.8 Å². The third kappa shape index (κ3) is 4.90. The molecule has 0 aliphatic carbocycles. The minimum atomic E-state index is -0.975. The lowest BCUT2D eigenvalue weighted by atomic mass is 10.0. The molecule has 0 radical (unpaired) electrons. The Bertz CT molecular complexity index is 1020. The summed E-state index contributed by atoms with van der Waals surface area (Å²) in [5.74, 6) is -1.09. The Hall–Kier alpha value is -3.41. The van der Waals surface area contributed by atoms with E-state index in [2.05, 4.69) is 10.4 Å². The van der Waals surface area contributed by atoms with E-state index in [0.29, 0.717) is 12.0 Å². The molecule has 0 aliphatic rings. The largest absolute Gasteiger partial charge is 0.478 e. The van der Waals surface area contributed by atoms with Crippen LogP contribution in [0.2, 0.25) is 0 Å². The van der Waals surface area contributed by atoms with E-state index in [-0.39, 0.29) is 23.9 Å². The molecule has 0 spiro atoms. The smallest absolute Gasteiger partial charge is 0.335 e. The molecule has 1 aromatic heterocycles. The van der Waals surface area contributed by atoms with Crippen molar-refractivity contribution in [2.45, 2.75) is 39.7 Å². The Morgan fingerprint density at radius 2 is 1.79 bits per heavy atom. The van der Waals surface area contributed by atoms with Gasteiger partial charge in [-0.15, -0.1) is 0 Å². The van der Waals surface area contributed by atoms with Gasteiger partial charge in [-0.25, -0.2) is 9.48 Å². The molecular weight excluding hydrogens is 366 g/mol. The van der Waals surface area contributed by atoms with Crippen LogP contribution in [-0.2, 0) is 11.2 Å². The molecule has 2 aromatic carbocycles. The Balaban J connectivity index is 1.60. The maximum absolute atomic E-state index is 12.3. The fourth-order valence-corrected chi connectivity index (χ4v) is 3.39. The van der Waals surface area contributed by atoms with Crippen LogP contribution in [0.3, 0.4) is 0 Å². The van der Waals surface area contributed by atoms with Crippen LogP contribution in [0.15, 0.2) is 54.6 Å². The summed E-state index contributed by atoms with van der Waals surface area (Å²) in [5.41, 5.74) is 4.91. The van der Waals surface area contributed by atoms with Crippen LogP contribution in [0.25, 0.3) is 5.69 Å². The number of carbonyl (C=O) groups is 2. The van der Waals surface area contributed by atoms with E-state index >= 15 is 0 Å². The van der Waals surface area contributed by atoms with Gasteiger partial charge >= 0.3 is 5.97 Å². The summed E-state index contributed by atoms with van der Waals surface area (Å²) in [5, 5.41) is 16.7. The average molecular weight is 391 g/mol. The molecule has 3 aromatic rings. The number of amides is 1. The average Bonchev–Trinajstić information content (AvgIpc) is 3.04. The summed E-state index contributed by atoms with van der Waals surface area (Å²) in [4.78, 5) is 23.6. The van der Waals surface area contributed by atoms with Crippen LogP contribution in [0.5, 0.6) is 0 Å². The van der Waals surface area contributed by atoms with Gasteiger partial charge < -0.3 is 10.4 Å². The zero-order chi connectivity index (χ0) is 21.0. The second-order valence-corrected chi connectivity index (χ2v) is 7.18. The molecule has 6 heteroatoms. The lowest BCUT2D eigenvalue weighted by molar-refractivity contribution is -0.121. The van der Waals surface area contributed by atoms with Crippen molar-refractivity contribution in [2.24, 2.45) is 0 Å². The second-order valence-electron chi connectivity index (χ2n) is 7.18. The summed E-state index contributed by atoms with van der Waals surface area (Å²) in [6.45, 7) is 5.91. The lowest BCUT2D eigenvalue weighted by Gasteiger charge is -2.15. The standard InChI is InChI=1S/C23H25N3O3/c1-15-14-16(2)26(25-15)20-11-8-18(9-12-20)17(3)24-22(27)13-10-19-6-4-5-7-21(19)23(28)29/h4-9,11-12,14,17H,10,13H2,1-3H3,(H,24,27)(H,28,29). The molecule has 1 heterocycles. The zero-order valence-corrected chi connectivity index (χ0v) is 16.8. The quantitative estimate of drug-likeness (QED) is 0.638. The highest BCUT2D eigenvalue weighted by molar-refractivity contribution is 5.89. The minimum absolute atomic E-state index is 0.111. The first-order valence-corrected chi connectivity index (χ1v) is 9.59. The highest BCUT2D eigenvalue weighted by Gasteiger charge is 2.13. The monoisotopic (exact) mass is 391 g/mol. The number of hydrogen-bond acceptors (Lipinski definition) is 3. The molecule has 0 aliphatic heterocycles. The van der Waals surface area contributed by atoms with E-state index in [1.165, 1.54) is 0 Å². The molecule has 150 valence electrons. The molecule has 1 atom stereocenters. The molecule has 1 amide bonds. The maximum atomic E-state index is 12.3. The summed E-state index contributed by atoms with van der Waals surface area (Å²) < 4.78 is 1.89. The van der Waals surface area contributed by atoms with Crippen LogP contribution in [0, 0.1) is 13.8 Å². The predicted molar refractivity (Wildman–Crippen MR) is 111 cm³/mol. The summed E-state index contributed by atoms with van der Waals surface area (Å²) in [6.07, 6.45) is 0.621. The van der Waals surface area contributed by atoms with E-state index in [1.807, 2.05) is 55.8 Å². The van der Waals surface area contributed by atoms with Gasteiger partial charge in [0.05, 0.1) is 23.0 Å². The van der Waals surface area contributed by atoms with Crippen molar-refractivity contribution in [3.8, 4) is 5.69 Å². The summed E-state index contributed by atoms with van der Waals surface area (Å²) in [7, 11) is 0. The number of carboxylic acid groups (broad SMARTS) is 1. The number of carbonyl (C=O) groups excluding carboxylic acids is 1. The molecule has 6 nitrogen and oxygen atoms in total. The summed E-state index contributed by atoms with van der Waals surface area (Å²) >= 11 is 0. The fraction of sp³-hybridized carbons (Fsp3) is 0.261. The van der Waals surface area contributed by atoms with Gasteiger partial charge in [-0.05, 0) is 62.6 Å². The number of aromatic nitrogens is 2. The van der Waals surface area contributed by atoms with E-state index in [0.717, 1.165) is 22.6 Å². The number of aryl methyl sites for hydroxylation is 3. The Morgan fingerprint density at radius 1 is 1.10 bits per heavy atom. The van der Waals surface area contributed by atoms with Crippen molar-refractivity contribution in [2.75, 3.05) is 0 Å². The Morgan fingerprint density at radius 3 is 2.41 bits per heavy atom. The van der Waals surface area contributed by atoms with E-state index in [1.54, 1.807) is 24.3 Å². The van der Waals surface area contributed by atoms with Gasteiger partial charge in [0.15, 0.2) is 0 Å². The van der Waals surface area contributed by atoms with Gasteiger partial charge in [0, 0.05) is 12.1 Å². The zero-order valence-electron chi connectivity index (χ0n) is 16.8. The molecule has 0 saturated heterocycles. The van der Waals surface area contributed by atoms with Crippen molar-refractivity contribution in [1.29, 1.82) is 0 Å². The van der Waals surface area contributed by atoms with Gasteiger partial charge in [-0.3, -0.25) is 4.79 Å². The van der Waals surface area contributed by atoms with E-state index in [9.17, 15) is 14.7 Å². The van der Waals surface area contributed by atoms with Crippen LogP contribution in [0.4, 0.5) is 0 Å². The van der Waals surface area contributed by atoms with Gasteiger partial charge in [0.1, 0.15) is 0 Å². The Labute approximate surface area is 170 Å². The van der Waals surface area contributed by atoms with Crippen molar-refractivity contribution in [3.05, 3.63) is 82.7 Å². The van der Waals surface area contributed by atoms with Crippen molar-refractivity contribution in [1.82, 2.24) is 15.1 Å². The predicted octanol–water partition coefficient (Wildman–Crippen LogP) is 4.00. The lowest BCUT2D eigenvalue weighted by Crippen LogP contribution is -2.27. The number of benzene rings is 2. The van der Waals surface area contributed by atoms with Crippen molar-refractivity contribution < 1.29 is 14.7 Å². The number of carboxylic acids is 1. The molecule has 0 bridgehead atoms. The highest BCUT2D eigenvalue weighted by Crippen LogP contribution is 2.18. The van der Waals surface area contributed by atoms with Gasteiger partial charge in [-0.2, -0.15) is 5.10 Å². The minimum Gasteiger partial charge on any atom is -0.478 e. The number of hydrogen-bond donors (Lipinski definition) is 2. The molecule has 2 N–H and O–H groups in total. The van der Waals surface area contributed by atoms with Crippen LogP contribution >= 0.6 is 0 Å². The van der Waals surface area contributed by atoms with Gasteiger partial charge in [-0.1, -0.05) is 30.3 Å². The first-order chi connectivity index (χ1) is 13.8. The van der Waals surface area contributed by atoms with Gasteiger partial charge in [0.25, 0.3) is 0 Å². The summed E-state index contributed by atoms with van der Waals surface area (Å²) in [6, 6.07) is 16.6. The first kappa shape index (κ1) is 20.3. The molecule has 29 heavy (non-hydrogen) atoms. The third-order valence-electron chi connectivity index (χ3n) is 4.89. The van der Waals surface area contributed by atoms with Crippen LogP contribution in [0.1, 0.15) is 52.3 Å². The maximum Gasteiger partial charge on any atom is 0.335 e. The Kier molecular flexibility index (Phi) is 6.12. The normalized spacial score (nSPS) is 11.8. The van der Waals surface area contributed by atoms with E-state index < -0.39 is 5.97 Å². The molecule has 3 rings (SSSR count). The number of aromatic carboxylic acids is 1. The fourth-order valence-electron chi connectivity index (χ4n) is 3.39. The number of rotatable bonds is 7. The SMILES string of the molecule is Cc1cc(C)n(-c2ccc(C(C)NC(=O)CCc3ccccc3C(=O)O)cc2)n1. The van der Waals surface area contributed by atoms with Crippen molar-refractivity contribution in [3.63, 3.8) is 0 Å². The third-order valence-corrected chi connectivity index (χ3v) is 4.89. The van der Waals surface area contributed by atoms with Crippen LogP contribution < -0.4 is 5.32 Å². The molecule has 1 unspecified atom stereocenters. The number of nitrogens with zero attached hydrogens (tertiary/aromatic N) is 2. The van der Waals surface area contributed by atoms with E-state index in [4.69, 9.17) is 0 Å². The molecule has 0 fully saturated rings. The molecule has 0 saturated carbocycles. The number of nitrogens with one attached hydrogen (secondary N) is 1. The first-order valence-electron chi connectivity index (χ1n) is 9.59. The molecular formula is C23H25N3O3. The van der Waals surface area contributed by atoms with Crippen molar-refractivity contribution >= 4 is 11.9 Å². The highest BCUT2D eigenvalue weighted by atomic mass is 16.4. The topological polar surface area (TPSA) is 84.2 Å². The van der Waals surface area contributed by atoms with Gasteiger partial charge in [0.2, 0.25) is 5.91 Å². The second kappa shape index (κ2) is 8.73.